The molecule has 0 N–H and O–H groups in total. The highest BCUT2D eigenvalue weighted by atomic mass is 16.6. The molecular formula is C15H17N3O4. The summed E-state index contributed by atoms with van der Waals surface area (Å²) >= 11 is 0. The third-order valence-corrected chi connectivity index (χ3v) is 3.73. The summed E-state index contributed by atoms with van der Waals surface area (Å²) in [6.45, 7) is 3.80. The number of ether oxygens (including phenoxy) is 1. The van der Waals surface area contributed by atoms with Gasteiger partial charge < -0.3 is 14.1 Å². The molecular weight excluding hydrogens is 286 g/mol. The minimum absolute atomic E-state index is 0.0140. The zero-order chi connectivity index (χ0) is 15.5. The fraction of sp³-hybridized carbons (Fsp3) is 0.400. The monoisotopic (exact) mass is 303 g/mol. The Bertz CT molecular complexity index is 653. The maximum atomic E-state index is 10.7. The number of anilines is 1. The van der Waals surface area contributed by atoms with E-state index in [1.807, 2.05) is 19.1 Å². The Morgan fingerprint density at radius 1 is 1.41 bits per heavy atom. The van der Waals surface area contributed by atoms with Gasteiger partial charge in [-0.25, -0.2) is 4.98 Å². The zero-order valence-electron chi connectivity index (χ0n) is 12.3. The molecule has 2 aromatic rings. The number of rotatable bonds is 4. The van der Waals surface area contributed by atoms with Crippen molar-refractivity contribution in [2.24, 2.45) is 0 Å². The molecule has 1 fully saturated rings. The second-order valence-corrected chi connectivity index (χ2v) is 5.07. The Morgan fingerprint density at radius 3 is 2.91 bits per heavy atom. The highest BCUT2D eigenvalue weighted by Gasteiger charge is 2.28. The van der Waals surface area contributed by atoms with E-state index in [1.165, 1.54) is 12.3 Å². The Morgan fingerprint density at radius 2 is 2.27 bits per heavy atom. The predicted octanol–water partition coefficient (Wildman–Crippen LogP) is 2.72. The molecule has 1 aliphatic rings. The second-order valence-electron chi connectivity index (χ2n) is 5.07. The largest absolute Gasteiger partial charge is 0.464 e. The fourth-order valence-corrected chi connectivity index (χ4v) is 2.53. The van der Waals surface area contributed by atoms with Gasteiger partial charge in [-0.15, -0.1) is 0 Å². The van der Waals surface area contributed by atoms with Gasteiger partial charge in [0.2, 0.25) is 0 Å². The van der Waals surface area contributed by atoms with E-state index < -0.39 is 4.92 Å². The summed E-state index contributed by atoms with van der Waals surface area (Å²) in [5, 5.41) is 10.7. The molecule has 1 aliphatic heterocycles. The first-order valence-corrected chi connectivity index (χ1v) is 7.22. The summed E-state index contributed by atoms with van der Waals surface area (Å²) in [6.07, 6.45) is 2.12. The van der Waals surface area contributed by atoms with E-state index in [9.17, 15) is 10.1 Å². The number of furan rings is 1. The third kappa shape index (κ3) is 2.80. The van der Waals surface area contributed by atoms with Gasteiger partial charge in [-0.3, -0.25) is 10.1 Å². The molecule has 0 spiro atoms. The van der Waals surface area contributed by atoms with Crippen molar-refractivity contribution < 1.29 is 14.1 Å². The van der Waals surface area contributed by atoms with Crippen LogP contribution in [0, 0.1) is 10.1 Å². The first-order valence-electron chi connectivity index (χ1n) is 7.22. The molecule has 1 atom stereocenters. The van der Waals surface area contributed by atoms with Crippen molar-refractivity contribution in [3.63, 3.8) is 0 Å². The molecule has 0 radical (unpaired) electrons. The van der Waals surface area contributed by atoms with Crippen LogP contribution < -0.4 is 4.90 Å². The minimum atomic E-state index is -0.451. The van der Waals surface area contributed by atoms with Crippen LogP contribution in [0.5, 0.6) is 0 Å². The van der Waals surface area contributed by atoms with Crippen LogP contribution in [0.15, 0.2) is 34.9 Å². The van der Waals surface area contributed by atoms with Gasteiger partial charge in [0.05, 0.1) is 18.1 Å². The molecule has 7 heteroatoms. The Kier molecular flexibility index (Phi) is 4.06. The van der Waals surface area contributed by atoms with Gasteiger partial charge in [0.15, 0.2) is 0 Å². The van der Waals surface area contributed by atoms with Crippen molar-refractivity contribution in [1.82, 2.24) is 4.98 Å². The molecule has 2 aromatic heterocycles. The Labute approximate surface area is 127 Å². The molecule has 0 aliphatic carbocycles. The van der Waals surface area contributed by atoms with Crippen molar-refractivity contribution in [1.29, 1.82) is 0 Å². The van der Waals surface area contributed by atoms with Gasteiger partial charge in [-0.1, -0.05) is 6.92 Å². The molecule has 1 saturated heterocycles. The van der Waals surface area contributed by atoms with Crippen molar-refractivity contribution in [3.05, 3.63) is 52.1 Å². The summed E-state index contributed by atoms with van der Waals surface area (Å²) in [6, 6.07) is 6.99. The average molecular weight is 303 g/mol. The quantitative estimate of drug-likeness (QED) is 0.638. The van der Waals surface area contributed by atoms with E-state index in [4.69, 9.17) is 9.15 Å². The average Bonchev–Trinajstić information content (AvgIpc) is 3.04. The van der Waals surface area contributed by atoms with E-state index >= 15 is 0 Å². The minimum Gasteiger partial charge on any atom is -0.464 e. The van der Waals surface area contributed by atoms with E-state index in [0.29, 0.717) is 25.6 Å². The lowest BCUT2D eigenvalue weighted by Crippen LogP contribution is -2.39. The van der Waals surface area contributed by atoms with Gasteiger partial charge in [0, 0.05) is 19.0 Å². The van der Waals surface area contributed by atoms with Gasteiger partial charge in [-0.05, 0) is 18.2 Å². The maximum absolute atomic E-state index is 10.7. The highest BCUT2D eigenvalue weighted by Crippen LogP contribution is 2.30. The van der Waals surface area contributed by atoms with Crippen LogP contribution in [0.2, 0.25) is 0 Å². The third-order valence-electron chi connectivity index (χ3n) is 3.73. The van der Waals surface area contributed by atoms with Gasteiger partial charge in [0.25, 0.3) is 5.69 Å². The number of aryl methyl sites for hydroxylation is 1. The number of pyridine rings is 1. The molecule has 0 aromatic carbocycles. The van der Waals surface area contributed by atoms with E-state index in [2.05, 4.69) is 9.88 Å². The molecule has 116 valence electrons. The van der Waals surface area contributed by atoms with Crippen molar-refractivity contribution in [2.45, 2.75) is 19.4 Å². The Balaban J connectivity index is 1.87. The van der Waals surface area contributed by atoms with Crippen LogP contribution in [0.4, 0.5) is 11.5 Å². The van der Waals surface area contributed by atoms with Crippen LogP contribution in [0.1, 0.15) is 24.5 Å². The topological polar surface area (TPSA) is 81.6 Å². The first-order chi connectivity index (χ1) is 10.7. The van der Waals surface area contributed by atoms with Crippen molar-refractivity contribution in [2.75, 3.05) is 24.7 Å². The van der Waals surface area contributed by atoms with E-state index in [-0.39, 0.29) is 11.7 Å². The molecule has 0 bridgehead atoms. The van der Waals surface area contributed by atoms with Crippen LogP contribution in [-0.2, 0) is 11.2 Å². The normalized spacial score (nSPS) is 18.4. The standard InChI is InChI=1S/C15H17N3O4/c1-2-12-4-5-14(22-12)13-10-21-8-7-17(13)15-6-3-11(9-16-15)18(19)20/h3-6,9,13H,2,7-8,10H2,1H3/t13-/m1/s1. The maximum Gasteiger partial charge on any atom is 0.287 e. The lowest BCUT2D eigenvalue weighted by atomic mass is 10.1. The lowest BCUT2D eigenvalue weighted by molar-refractivity contribution is -0.385. The summed E-state index contributed by atoms with van der Waals surface area (Å²) < 4.78 is 11.4. The van der Waals surface area contributed by atoms with E-state index in [0.717, 1.165) is 17.9 Å². The second kappa shape index (κ2) is 6.15. The molecule has 0 amide bonds. The number of aromatic nitrogens is 1. The fourth-order valence-electron chi connectivity index (χ4n) is 2.53. The predicted molar refractivity (Wildman–Crippen MR) is 79.9 cm³/mol. The van der Waals surface area contributed by atoms with Crippen LogP contribution >= 0.6 is 0 Å². The van der Waals surface area contributed by atoms with Crippen LogP contribution in [-0.4, -0.2) is 29.7 Å². The number of hydrogen-bond acceptors (Lipinski definition) is 6. The number of nitro groups is 1. The summed E-state index contributed by atoms with van der Waals surface area (Å²) in [7, 11) is 0. The zero-order valence-corrected chi connectivity index (χ0v) is 12.3. The molecule has 3 heterocycles. The summed E-state index contributed by atoms with van der Waals surface area (Å²) in [5.41, 5.74) is -0.0140. The van der Waals surface area contributed by atoms with Crippen molar-refractivity contribution in [3.8, 4) is 0 Å². The lowest BCUT2D eigenvalue weighted by Gasteiger charge is -2.35. The molecule has 3 rings (SSSR count). The Hall–Kier alpha value is -2.41. The molecule has 0 unspecified atom stereocenters. The molecule has 7 nitrogen and oxygen atoms in total. The summed E-state index contributed by atoms with van der Waals surface area (Å²) in [5.74, 6) is 2.45. The molecule has 22 heavy (non-hydrogen) atoms. The van der Waals surface area contributed by atoms with Gasteiger partial charge in [0.1, 0.15) is 29.6 Å². The van der Waals surface area contributed by atoms with Crippen LogP contribution in [0.3, 0.4) is 0 Å². The SMILES string of the molecule is CCc1ccc([C@H]2COCCN2c2ccc([N+](=O)[O-])cn2)o1. The van der Waals surface area contributed by atoms with Gasteiger partial charge >= 0.3 is 0 Å². The first kappa shape index (κ1) is 14.5. The number of nitrogens with zero attached hydrogens (tertiary/aromatic N) is 3. The smallest absolute Gasteiger partial charge is 0.287 e. The number of morpholine rings is 1. The van der Waals surface area contributed by atoms with Gasteiger partial charge in [-0.2, -0.15) is 0 Å². The van der Waals surface area contributed by atoms with E-state index in [1.54, 1.807) is 6.07 Å². The summed E-state index contributed by atoms with van der Waals surface area (Å²) in [4.78, 5) is 16.6. The molecule has 0 saturated carbocycles. The van der Waals surface area contributed by atoms with Crippen molar-refractivity contribution >= 4 is 11.5 Å². The number of hydrogen-bond donors (Lipinski definition) is 0. The highest BCUT2D eigenvalue weighted by molar-refractivity contribution is 5.45. The van der Waals surface area contributed by atoms with Crippen LogP contribution in [0.25, 0.3) is 0 Å².